The number of esters is 1. The highest BCUT2D eigenvalue weighted by Crippen LogP contribution is 2.16. The number of hydrogen-bond acceptors (Lipinski definition) is 4. The zero-order valence-electron chi connectivity index (χ0n) is 10.7. The lowest BCUT2D eigenvalue weighted by Gasteiger charge is -2.32. The monoisotopic (exact) mass is 228 g/mol. The van der Waals surface area contributed by atoms with Crippen LogP contribution in [0.3, 0.4) is 0 Å². The van der Waals surface area contributed by atoms with Crippen LogP contribution in [0.15, 0.2) is 0 Å². The van der Waals surface area contributed by atoms with Crippen molar-refractivity contribution >= 4 is 5.97 Å². The van der Waals surface area contributed by atoms with Crippen LogP contribution in [-0.4, -0.2) is 50.2 Å². The Morgan fingerprint density at radius 2 is 2.12 bits per heavy atom. The van der Waals surface area contributed by atoms with Gasteiger partial charge >= 0.3 is 5.97 Å². The molecule has 0 saturated carbocycles. The van der Waals surface area contributed by atoms with Crippen molar-refractivity contribution in [1.82, 2.24) is 10.2 Å². The minimum absolute atomic E-state index is 0.152. The molecule has 16 heavy (non-hydrogen) atoms. The molecule has 0 aromatic heterocycles. The largest absolute Gasteiger partial charge is 0.468 e. The molecule has 4 nitrogen and oxygen atoms in total. The van der Waals surface area contributed by atoms with E-state index in [-0.39, 0.29) is 12.0 Å². The first-order valence-corrected chi connectivity index (χ1v) is 6.21. The van der Waals surface area contributed by atoms with Gasteiger partial charge in [-0.05, 0) is 38.4 Å². The first kappa shape index (κ1) is 13.5. The van der Waals surface area contributed by atoms with E-state index in [1.807, 2.05) is 6.92 Å². The summed E-state index contributed by atoms with van der Waals surface area (Å²) in [6.07, 6.45) is 2.47. The molecule has 1 aliphatic heterocycles. The van der Waals surface area contributed by atoms with E-state index < -0.39 is 0 Å². The van der Waals surface area contributed by atoms with E-state index in [1.165, 1.54) is 20.0 Å². The Hall–Kier alpha value is -0.610. The van der Waals surface area contributed by atoms with Crippen molar-refractivity contribution in [2.45, 2.75) is 32.7 Å². The van der Waals surface area contributed by atoms with Crippen molar-refractivity contribution in [3.05, 3.63) is 0 Å². The topological polar surface area (TPSA) is 41.6 Å². The molecule has 0 aliphatic carbocycles. The Morgan fingerprint density at radius 3 is 2.62 bits per heavy atom. The number of carbonyl (C=O) groups is 1. The quantitative estimate of drug-likeness (QED) is 0.709. The lowest BCUT2D eigenvalue weighted by molar-refractivity contribution is -0.143. The maximum atomic E-state index is 11.5. The van der Waals surface area contributed by atoms with Crippen LogP contribution in [0.1, 0.15) is 26.7 Å². The normalized spacial score (nSPS) is 20.7. The van der Waals surface area contributed by atoms with Crippen LogP contribution >= 0.6 is 0 Å². The van der Waals surface area contributed by atoms with Crippen molar-refractivity contribution < 1.29 is 9.53 Å². The molecule has 1 fully saturated rings. The van der Waals surface area contributed by atoms with Crippen LogP contribution in [0.5, 0.6) is 0 Å². The average molecular weight is 228 g/mol. The van der Waals surface area contributed by atoms with E-state index in [1.54, 1.807) is 0 Å². The van der Waals surface area contributed by atoms with E-state index >= 15 is 0 Å². The number of nitrogens with one attached hydrogen (secondary N) is 1. The smallest absolute Gasteiger partial charge is 0.324 e. The minimum Gasteiger partial charge on any atom is -0.468 e. The molecule has 0 bridgehead atoms. The summed E-state index contributed by atoms with van der Waals surface area (Å²) in [7, 11) is 1.45. The molecule has 1 rings (SSSR count). The number of carbonyl (C=O) groups excluding carboxylic acids is 1. The highest BCUT2D eigenvalue weighted by Gasteiger charge is 2.23. The number of methoxy groups -OCH3 is 1. The number of ether oxygens (including phenoxy) is 1. The number of likely N-dealkylation sites (N-methyl/N-ethyl adjacent to an activating group) is 1. The number of nitrogens with zero attached hydrogens (tertiary/aromatic N) is 1. The van der Waals surface area contributed by atoms with Crippen LogP contribution < -0.4 is 5.32 Å². The molecule has 1 atom stereocenters. The molecule has 0 radical (unpaired) electrons. The molecule has 0 aromatic carbocycles. The third-order valence-electron chi connectivity index (χ3n) is 3.25. The second kappa shape index (κ2) is 6.86. The Bertz CT molecular complexity index is 213. The predicted molar refractivity (Wildman–Crippen MR) is 64.3 cm³/mol. The summed E-state index contributed by atoms with van der Waals surface area (Å²) in [5, 5.41) is 3.18. The fraction of sp³-hybridized carbons (Fsp3) is 0.917. The highest BCUT2D eigenvalue weighted by molar-refractivity contribution is 5.75. The van der Waals surface area contributed by atoms with Gasteiger partial charge in [0.25, 0.3) is 0 Å². The molecule has 0 aromatic rings. The molecule has 94 valence electrons. The second-order valence-electron chi connectivity index (χ2n) is 4.62. The Morgan fingerprint density at radius 1 is 1.50 bits per heavy atom. The van der Waals surface area contributed by atoms with E-state index in [2.05, 4.69) is 17.1 Å². The molecule has 0 amide bonds. The molecule has 1 saturated heterocycles. The molecule has 1 aliphatic rings. The van der Waals surface area contributed by atoms with Crippen molar-refractivity contribution in [2.75, 3.05) is 33.3 Å². The van der Waals surface area contributed by atoms with E-state index in [4.69, 9.17) is 4.74 Å². The van der Waals surface area contributed by atoms with Gasteiger partial charge in [0.1, 0.15) is 6.04 Å². The van der Waals surface area contributed by atoms with Gasteiger partial charge in [0, 0.05) is 6.54 Å². The number of piperidine rings is 1. The summed E-state index contributed by atoms with van der Waals surface area (Å²) in [4.78, 5) is 13.9. The van der Waals surface area contributed by atoms with Gasteiger partial charge in [-0.1, -0.05) is 13.8 Å². The van der Waals surface area contributed by atoms with Crippen LogP contribution in [0, 0.1) is 5.92 Å². The Balaban J connectivity index is 2.39. The predicted octanol–water partition coefficient (Wildman–Crippen LogP) is 0.869. The Labute approximate surface area is 98.3 Å². The van der Waals surface area contributed by atoms with Crippen molar-refractivity contribution in [2.24, 2.45) is 5.92 Å². The fourth-order valence-electron chi connectivity index (χ4n) is 2.11. The van der Waals surface area contributed by atoms with Crippen molar-refractivity contribution in [3.8, 4) is 0 Å². The molecular weight excluding hydrogens is 204 g/mol. The van der Waals surface area contributed by atoms with Crippen LogP contribution in [0.2, 0.25) is 0 Å². The van der Waals surface area contributed by atoms with Crippen LogP contribution in [0.4, 0.5) is 0 Å². The van der Waals surface area contributed by atoms with Gasteiger partial charge in [-0.15, -0.1) is 0 Å². The van der Waals surface area contributed by atoms with E-state index in [0.29, 0.717) is 0 Å². The van der Waals surface area contributed by atoms with Gasteiger partial charge in [0.2, 0.25) is 0 Å². The standard InChI is InChI=1S/C12H24N2O2/c1-4-13-11(12(15)16-3)9-14-7-5-10(2)6-8-14/h10-11,13H,4-9H2,1-3H3. The molecule has 1 heterocycles. The highest BCUT2D eigenvalue weighted by atomic mass is 16.5. The summed E-state index contributed by atoms with van der Waals surface area (Å²) in [5.74, 6) is 0.674. The van der Waals surface area contributed by atoms with Gasteiger partial charge in [0.15, 0.2) is 0 Å². The first-order valence-electron chi connectivity index (χ1n) is 6.21. The summed E-state index contributed by atoms with van der Waals surface area (Å²) in [6.45, 7) is 8.06. The zero-order chi connectivity index (χ0) is 12.0. The minimum atomic E-state index is -0.177. The van der Waals surface area contributed by atoms with Gasteiger partial charge in [-0.25, -0.2) is 0 Å². The van der Waals surface area contributed by atoms with Gasteiger partial charge < -0.3 is 15.0 Å². The number of likely N-dealkylation sites (tertiary alicyclic amines) is 1. The molecule has 1 unspecified atom stereocenters. The number of rotatable bonds is 5. The summed E-state index contributed by atoms with van der Waals surface area (Å²) in [6, 6.07) is -0.177. The van der Waals surface area contributed by atoms with Crippen LogP contribution in [0.25, 0.3) is 0 Å². The van der Waals surface area contributed by atoms with E-state index in [9.17, 15) is 4.79 Å². The van der Waals surface area contributed by atoms with Gasteiger partial charge in [0.05, 0.1) is 7.11 Å². The lowest BCUT2D eigenvalue weighted by Crippen LogP contribution is -2.48. The number of hydrogen-bond donors (Lipinski definition) is 1. The average Bonchev–Trinajstić information content (AvgIpc) is 2.30. The van der Waals surface area contributed by atoms with Crippen molar-refractivity contribution in [1.29, 1.82) is 0 Å². The third-order valence-corrected chi connectivity index (χ3v) is 3.25. The van der Waals surface area contributed by atoms with Crippen molar-refractivity contribution in [3.63, 3.8) is 0 Å². The van der Waals surface area contributed by atoms with Crippen LogP contribution in [-0.2, 0) is 9.53 Å². The molecule has 0 spiro atoms. The fourth-order valence-corrected chi connectivity index (χ4v) is 2.11. The maximum absolute atomic E-state index is 11.5. The lowest BCUT2D eigenvalue weighted by atomic mass is 9.99. The molecular formula is C12H24N2O2. The third kappa shape index (κ3) is 4.10. The second-order valence-corrected chi connectivity index (χ2v) is 4.62. The van der Waals surface area contributed by atoms with E-state index in [0.717, 1.165) is 32.1 Å². The molecule has 1 N–H and O–H groups in total. The zero-order valence-corrected chi connectivity index (χ0v) is 10.7. The Kier molecular flexibility index (Phi) is 5.77. The summed E-state index contributed by atoms with van der Waals surface area (Å²) in [5.41, 5.74) is 0. The SMILES string of the molecule is CCNC(CN1CCC(C)CC1)C(=O)OC. The summed E-state index contributed by atoms with van der Waals surface area (Å²) >= 11 is 0. The van der Waals surface area contributed by atoms with Gasteiger partial charge in [-0.3, -0.25) is 4.79 Å². The first-order chi connectivity index (χ1) is 7.67. The molecule has 4 heteroatoms. The maximum Gasteiger partial charge on any atom is 0.324 e. The summed E-state index contributed by atoms with van der Waals surface area (Å²) < 4.78 is 4.80. The van der Waals surface area contributed by atoms with Gasteiger partial charge in [-0.2, -0.15) is 0 Å².